The average Bonchev–Trinajstić information content (AvgIpc) is 2.82. The van der Waals surface area contributed by atoms with Gasteiger partial charge in [-0.3, -0.25) is 0 Å². The van der Waals surface area contributed by atoms with Crippen LogP contribution in [-0.2, 0) is 0 Å². The quantitative estimate of drug-likeness (QED) is 0.911. The molecule has 0 bridgehead atoms. The molecule has 0 spiro atoms. The lowest BCUT2D eigenvalue weighted by Gasteiger charge is -2.21. The second-order valence-electron chi connectivity index (χ2n) is 4.46. The lowest BCUT2D eigenvalue weighted by atomic mass is 9.92. The Kier molecular flexibility index (Phi) is 5.77. The van der Waals surface area contributed by atoms with Gasteiger partial charge in [-0.2, -0.15) is 0 Å². The zero-order valence-electron chi connectivity index (χ0n) is 9.99. The first-order valence-corrected chi connectivity index (χ1v) is 6.60. The van der Waals surface area contributed by atoms with E-state index in [0.717, 1.165) is 10.2 Å². The summed E-state index contributed by atoms with van der Waals surface area (Å²) in [6, 6.07) is 6.15. The van der Waals surface area contributed by atoms with E-state index in [4.69, 9.17) is 10.5 Å². The Morgan fingerprint density at radius 2 is 2.00 bits per heavy atom. The monoisotopic (exact) mass is 319 g/mol. The van der Waals surface area contributed by atoms with Gasteiger partial charge >= 0.3 is 0 Å². The summed E-state index contributed by atoms with van der Waals surface area (Å²) in [5, 5.41) is 0. The molecule has 1 atom stereocenters. The van der Waals surface area contributed by atoms with Crippen molar-refractivity contribution in [2.45, 2.75) is 31.7 Å². The molecule has 0 unspecified atom stereocenters. The van der Waals surface area contributed by atoms with Gasteiger partial charge in [0, 0.05) is 10.5 Å². The highest BCUT2D eigenvalue weighted by Gasteiger charge is 2.24. The third-order valence-electron chi connectivity index (χ3n) is 3.47. The molecular formula is C13H19BrClNO. The minimum absolute atomic E-state index is 0. The smallest absolute Gasteiger partial charge is 0.119 e. The van der Waals surface area contributed by atoms with E-state index in [1.807, 2.05) is 18.2 Å². The summed E-state index contributed by atoms with van der Waals surface area (Å²) in [7, 11) is 1.69. The normalized spacial score (nSPS) is 17.6. The first kappa shape index (κ1) is 14.8. The third kappa shape index (κ3) is 3.36. The molecule has 1 aliphatic rings. The van der Waals surface area contributed by atoms with E-state index in [9.17, 15) is 0 Å². The summed E-state index contributed by atoms with van der Waals surface area (Å²) in [6.45, 7) is 0. The van der Waals surface area contributed by atoms with Crippen molar-refractivity contribution < 1.29 is 4.74 Å². The summed E-state index contributed by atoms with van der Waals surface area (Å²) in [5.74, 6) is 1.51. The molecule has 1 aliphatic carbocycles. The molecule has 2 rings (SSSR count). The maximum absolute atomic E-state index is 6.34. The van der Waals surface area contributed by atoms with Crippen LogP contribution in [0.25, 0.3) is 0 Å². The van der Waals surface area contributed by atoms with E-state index in [2.05, 4.69) is 15.9 Å². The second-order valence-corrected chi connectivity index (χ2v) is 5.31. The van der Waals surface area contributed by atoms with Crippen molar-refractivity contribution in [1.82, 2.24) is 0 Å². The molecule has 0 aromatic heterocycles. The minimum atomic E-state index is 0. The molecule has 96 valence electrons. The Labute approximate surface area is 117 Å². The molecule has 2 N–H and O–H groups in total. The SMILES string of the molecule is COc1ccc(Br)c([C@H](N)C2CCCC2)c1.Cl. The van der Waals surface area contributed by atoms with Crippen molar-refractivity contribution in [3.8, 4) is 5.75 Å². The van der Waals surface area contributed by atoms with Crippen molar-refractivity contribution in [3.05, 3.63) is 28.2 Å². The van der Waals surface area contributed by atoms with Gasteiger partial charge in [0.15, 0.2) is 0 Å². The summed E-state index contributed by atoms with van der Waals surface area (Å²) in [4.78, 5) is 0. The van der Waals surface area contributed by atoms with E-state index in [0.29, 0.717) is 5.92 Å². The number of hydrogen-bond acceptors (Lipinski definition) is 2. The first-order valence-electron chi connectivity index (χ1n) is 5.81. The Morgan fingerprint density at radius 3 is 2.59 bits per heavy atom. The highest BCUT2D eigenvalue weighted by atomic mass is 79.9. The predicted molar refractivity (Wildman–Crippen MR) is 76.8 cm³/mol. The van der Waals surface area contributed by atoms with E-state index in [-0.39, 0.29) is 18.4 Å². The Hall–Kier alpha value is -0.250. The van der Waals surface area contributed by atoms with Gasteiger partial charge in [-0.1, -0.05) is 28.8 Å². The van der Waals surface area contributed by atoms with Gasteiger partial charge in [0.2, 0.25) is 0 Å². The van der Waals surface area contributed by atoms with Gasteiger partial charge in [0.05, 0.1) is 7.11 Å². The van der Waals surface area contributed by atoms with Gasteiger partial charge in [-0.25, -0.2) is 0 Å². The number of benzene rings is 1. The molecule has 0 aliphatic heterocycles. The third-order valence-corrected chi connectivity index (χ3v) is 4.19. The van der Waals surface area contributed by atoms with E-state index >= 15 is 0 Å². The van der Waals surface area contributed by atoms with Gasteiger partial charge in [-0.05, 0) is 42.5 Å². The fraction of sp³-hybridized carbons (Fsp3) is 0.538. The number of nitrogens with two attached hydrogens (primary N) is 1. The number of methoxy groups -OCH3 is 1. The Balaban J connectivity index is 0.00000144. The van der Waals surface area contributed by atoms with Crippen LogP contribution in [0, 0.1) is 5.92 Å². The molecule has 1 fully saturated rings. The number of ether oxygens (including phenoxy) is 1. The maximum atomic E-state index is 6.34. The van der Waals surface area contributed by atoms with Crippen molar-refractivity contribution in [2.24, 2.45) is 11.7 Å². The summed E-state index contributed by atoms with van der Waals surface area (Å²) < 4.78 is 6.34. The Morgan fingerprint density at radius 1 is 1.35 bits per heavy atom. The van der Waals surface area contributed by atoms with E-state index < -0.39 is 0 Å². The van der Waals surface area contributed by atoms with Crippen LogP contribution in [0.5, 0.6) is 5.75 Å². The topological polar surface area (TPSA) is 35.2 Å². The van der Waals surface area contributed by atoms with Crippen LogP contribution in [0.1, 0.15) is 37.3 Å². The predicted octanol–water partition coefficient (Wildman–Crippen LogP) is 4.07. The Bertz CT molecular complexity index is 366. The van der Waals surface area contributed by atoms with Crippen LogP contribution in [0.2, 0.25) is 0 Å². The zero-order valence-corrected chi connectivity index (χ0v) is 12.4. The number of rotatable bonds is 3. The highest BCUT2D eigenvalue weighted by molar-refractivity contribution is 9.10. The molecule has 0 radical (unpaired) electrons. The van der Waals surface area contributed by atoms with Gasteiger partial charge in [-0.15, -0.1) is 12.4 Å². The highest BCUT2D eigenvalue weighted by Crippen LogP contribution is 2.37. The summed E-state index contributed by atoms with van der Waals surface area (Å²) >= 11 is 3.57. The maximum Gasteiger partial charge on any atom is 0.119 e. The molecule has 17 heavy (non-hydrogen) atoms. The van der Waals surface area contributed by atoms with E-state index in [1.165, 1.54) is 31.2 Å². The van der Waals surface area contributed by atoms with Crippen molar-refractivity contribution in [2.75, 3.05) is 7.11 Å². The van der Waals surface area contributed by atoms with Gasteiger partial charge in [0.25, 0.3) is 0 Å². The van der Waals surface area contributed by atoms with Crippen LogP contribution in [-0.4, -0.2) is 7.11 Å². The van der Waals surface area contributed by atoms with E-state index in [1.54, 1.807) is 7.11 Å². The molecule has 4 heteroatoms. The molecule has 0 amide bonds. The number of hydrogen-bond donors (Lipinski definition) is 1. The summed E-state index contributed by atoms with van der Waals surface area (Å²) in [6.07, 6.45) is 5.15. The molecule has 0 saturated heterocycles. The van der Waals surface area contributed by atoms with Crippen LogP contribution < -0.4 is 10.5 Å². The van der Waals surface area contributed by atoms with Crippen molar-refractivity contribution >= 4 is 28.3 Å². The molecule has 1 aromatic rings. The lowest BCUT2D eigenvalue weighted by Crippen LogP contribution is -2.19. The van der Waals surface area contributed by atoms with Crippen LogP contribution in [0.3, 0.4) is 0 Å². The standard InChI is InChI=1S/C13H18BrNO.ClH/c1-16-10-6-7-12(14)11(8-10)13(15)9-4-2-3-5-9;/h6-9,13H,2-5,15H2,1H3;1H/t13-;/m1./s1. The van der Waals surface area contributed by atoms with Gasteiger partial charge in [0.1, 0.15) is 5.75 Å². The molecular weight excluding hydrogens is 302 g/mol. The largest absolute Gasteiger partial charge is 0.497 e. The molecule has 0 heterocycles. The lowest BCUT2D eigenvalue weighted by molar-refractivity contribution is 0.409. The second kappa shape index (κ2) is 6.62. The minimum Gasteiger partial charge on any atom is -0.497 e. The number of halogens is 2. The fourth-order valence-electron chi connectivity index (χ4n) is 2.47. The first-order chi connectivity index (χ1) is 7.72. The zero-order chi connectivity index (χ0) is 11.5. The van der Waals surface area contributed by atoms with Gasteiger partial charge < -0.3 is 10.5 Å². The van der Waals surface area contributed by atoms with Crippen molar-refractivity contribution in [1.29, 1.82) is 0 Å². The van der Waals surface area contributed by atoms with Crippen LogP contribution >= 0.6 is 28.3 Å². The molecule has 2 nitrogen and oxygen atoms in total. The fourth-order valence-corrected chi connectivity index (χ4v) is 2.99. The average molecular weight is 321 g/mol. The molecule has 1 saturated carbocycles. The van der Waals surface area contributed by atoms with Crippen LogP contribution in [0.4, 0.5) is 0 Å². The molecule has 1 aromatic carbocycles. The summed E-state index contributed by atoms with van der Waals surface area (Å²) in [5.41, 5.74) is 7.51. The van der Waals surface area contributed by atoms with Crippen molar-refractivity contribution in [3.63, 3.8) is 0 Å². The van der Waals surface area contributed by atoms with Crippen LogP contribution in [0.15, 0.2) is 22.7 Å².